The van der Waals surface area contributed by atoms with Gasteiger partial charge in [-0.15, -0.1) is 0 Å². The molecule has 1 rings (SSSR count). The molecule has 0 spiro atoms. The Balaban J connectivity index is 2.47. The second-order valence-corrected chi connectivity index (χ2v) is 5.26. The van der Waals surface area contributed by atoms with Gasteiger partial charge < -0.3 is 10.6 Å². The molecule has 0 fully saturated rings. The third-order valence-corrected chi connectivity index (χ3v) is 3.45. The first-order valence-electron chi connectivity index (χ1n) is 6.50. The summed E-state index contributed by atoms with van der Waals surface area (Å²) in [5, 5.41) is 0. The molecule has 0 radical (unpaired) electrons. The van der Waals surface area contributed by atoms with E-state index in [0.717, 1.165) is 19.5 Å². The van der Waals surface area contributed by atoms with Crippen molar-refractivity contribution in [1.29, 1.82) is 0 Å². The minimum absolute atomic E-state index is 0.487. The number of nitrogens with zero attached hydrogens (tertiary/aromatic N) is 1. The molecule has 1 atom stereocenters. The lowest BCUT2D eigenvalue weighted by atomic mass is 10.0. The highest BCUT2D eigenvalue weighted by molar-refractivity contribution is 5.21. The van der Waals surface area contributed by atoms with Crippen molar-refractivity contribution in [2.75, 3.05) is 20.1 Å². The highest BCUT2D eigenvalue weighted by Gasteiger charge is 2.16. The lowest BCUT2D eigenvalue weighted by Crippen LogP contribution is -2.42. The van der Waals surface area contributed by atoms with Crippen LogP contribution in [-0.2, 0) is 6.42 Å². The van der Waals surface area contributed by atoms with E-state index in [1.807, 2.05) is 0 Å². The summed E-state index contributed by atoms with van der Waals surface area (Å²) in [5.74, 6) is 0.614. The predicted molar refractivity (Wildman–Crippen MR) is 75.2 cm³/mol. The zero-order valence-electron chi connectivity index (χ0n) is 11.6. The molecule has 0 aliphatic rings. The lowest BCUT2D eigenvalue weighted by molar-refractivity contribution is 0.200. The Morgan fingerprint density at radius 2 is 1.76 bits per heavy atom. The Kier molecular flexibility index (Phi) is 5.66. The van der Waals surface area contributed by atoms with Gasteiger partial charge in [-0.2, -0.15) is 0 Å². The van der Waals surface area contributed by atoms with Gasteiger partial charge in [0.05, 0.1) is 0 Å². The van der Waals surface area contributed by atoms with Gasteiger partial charge in [-0.1, -0.05) is 43.7 Å². The molecule has 2 heteroatoms. The van der Waals surface area contributed by atoms with E-state index in [4.69, 9.17) is 5.73 Å². The maximum absolute atomic E-state index is 5.82. The number of likely N-dealkylation sites (N-methyl/N-ethyl adjacent to an activating group) is 1. The molecular weight excluding hydrogens is 208 g/mol. The van der Waals surface area contributed by atoms with Crippen LogP contribution in [0.5, 0.6) is 0 Å². The summed E-state index contributed by atoms with van der Waals surface area (Å²) >= 11 is 0. The SMILES string of the molecule is Cc1ccc(CCN(C)C(CN)C(C)C)cc1. The molecule has 2 N–H and O–H groups in total. The fourth-order valence-corrected chi connectivity index (χ4v) is 2.19. The summed E-state index contributed by atoms with van der Waals surface area (Å²) in [4.78, 5) is 2.38. The molecule has 0 aliphatic carbocycles. The van der Waals surface area contributed by atoms with Crippen LogP contribution in [0.1, 0.15) is 25.0 Å². The molecule has 0 aliphatic heterocycles. The van der Waals surface area contributed by atoms with Crippen LogP contribution in [0.25, 0.3) is 0 Å². The van der Waals surface area contributed by atoms with Crippen molar-refractivity contribution in [2.45, 2.75) is 33.2 Å². The van der Waals surface area contributed by atoms with Crippen molar-refractivity contribution in [3.8, 4) is 0 Å². The van der Waals surface area contributed by atoms with Gasteiger partial charge in [0, 0.05) is 19.1 Å². The maximum Gasteiger partial charge on any atom is 0.0238 e. The quantitative estimate of drug-likeness (QED) is 0.819. The molecule has 2 nitrogen and oxygen atoms in total. The Bertz CT molecular complexity index is 316. The van der Waals surface area contributed by atoms with Crippen LogP contribution in [0.15, 0.2) is 24.3 Å². The van der Waals surface area contributed by atoms with Crippen LogP contribution in [0, 0.1) is 12.8 Å². The van der Waals surface area contributed by atoms with Crippen molar-refractivity contribution >= 4 is 0 Å². The minimum atomic E-state index is 0.487. The Morgan fingerprint density at radius 3 is 2.24 bits per heavy atom. The van der Waals surface area contributed by atoms with Crippen LogP contribution in [-0.4, -0.2) is 31.1 Å². The first-order valence-corrected chi connectivity index (χ1v) is 6.50. The normalized spacial score (nSPS) is 13.4. The molecule has 0 heterocycles. The van der Waals surface area contributed by atoms with Crippen LogP contribution >= 0.6 is 0 Å². The molecule has 17 heavy (non-hydrogen) atoms. The van der Waals surface area contributed by atoms with Gasteiger partial charge in [0.15, 0.2) is 0 Å². The first kappa shape index (κ1) is 14.2. The summed E-state index contributed by atoms with van der Waals surface area (Å²) in [6, 6.07) is 9.28. The van der Waals surface area contributed by atoms with Crippen molar-refractivity contribution in [3.05, 3.63) is 35.4 Å². The van der Waals surface area contributed by atoms with Gasteiger partial charge in [-0.3, -0.25) is 0 Å². The van der Waals surface area contributed by atoms with Gasteiger partial charge >= 0.3 is 0 Å². The zero-order chi connectivity index (χ0) is 12.8. The van der Waals surface area contributed by atoms with Crippen molar-refractivity contribution < 1.29 is 0 Å². The second kappa shape index (κ2) is 6.77. The number of benzene rings is 1. The summed E-state index contributed by atoms with van der Waals surface area (Å²) in [6.07, 6.45) is 1.10. The Labute approximate surface area is 106 Å². The highest BCUT2D eigenvalue weighted by Crippen LogP contribution is 2.10. The average Bonchev–Trinajstić information content (AvgIpc) is 2.28. The van der Waals surface area contributed by atoms with Gasteiger partial charge in [-0.25, -0.2) is 0 Å². The second-order valence-electron chi connectivity index (χ2n) is 5.26. The molecule has 0 aromatic heterocycles. The van der Waals surface area contributed by atoms with E-state index in [9.17, 15) is 0 Å². The predicted octanol–water partition coefficient (Wildman–Crippen LogP) is 2.45. The number of nitrogens with two attached hydrogens (primary N) is 1. The fourth-order valence-electron chi connectivity index (χ4n) is 2.19. The third kappa shape index (κ3) is 4.49. The van der Waals surface area contributed by atoms with Crippen LogP contribution in [0.3, 0.4) is 0 Å². The molecule has 0 amide bonds. The van der Waals surface area contributed by atoms with E-state index in [2.05, 4.69) is 57.0 Å². The molecular formula is C15H26N2. The van der Waals surface area contributed by atoms with E-state index >= 15 is 0 Å². The highest BCUT2D eigenvalue weighted by atomic mass is 15.1. The first-order chi connectivity index (χ1) is 8.04. The van der Waals surface area contributed by atoms with E-state index in [1.165, 1.54) is 11.1 Å². The topological polar surface area (TPSA) is 29.3 Å². The van der Waals surface area contributed by atoms with E-state index in [-0.39, 0.29) is 0 Å². The van der Waals surface area contributed by atoms with Crippen LogP contribution in [0.2, 0.25) is 0 Å². The number of rotatable bonds is 6. The van der Waals surface area contributed by atoms with Gasteiger partial charge in [0.2, 0.25) is 0 Å². The van der Waals surface area contributed by atoms with Crippen molar-refractivity contribution in [2.24, 2.45) is 11.7 Å². The lowest BCUT2D eigenvalue weighted by Gasteiger charge is -2.30. The van der Waals surface area contributed by atoms with Gasteiger partial charge in [0.25, 0.3) is 0 Å². The fraction of sp³-hybridized carbons (Fsp3) is 0.600. The molecule has 1 aromatic carbocycles. The van der Waals surface area contributed by atoms with Crippen LogP contribution in [0.4, 0.5) is 0 Å². The van der Waals surface area contributed by atoms with Crippen LogP contribution < -0.4 is 5.73 Å². The van der Waals surface area contributed by atoms with E-state index in [1.54, 1.807) is 0 Å². The summed E-state index contributed by atoms with van der Waals surface area (Å²) < 4.78 is 0. The number of hydrogen-bond acceptors (Lipinski definition) is 2. The largest absolute Gasteiger partial charge is 0.329 e. The van der Waals surface area contributed by atoms with E-state index in [0.29, 0.717) is 12.0 Å². The van der Waals surface area contributed by atoms with Crippen molar-refractivity contribution in [1.82, 2.24) is 4.90 Å². The summed E-state index contributed by atoms with van der Waals surface area (Å²) in [6.45, 7) is 8.41. The molecule has 1 aromatic rings. The molecule has 0 saturated carbocycles. The molecule has 0 saturated heterocycles. The molecule has 96 valence electrons. The number of hydrogen-bond donors (Lipinski definition) is 1. The number of aryl methyl sites for hydroxylation is 1. The zero-order valence-corrected chi connectivity index (χ0v) is 11.6. The summed E-state index contributed by atoms with van der Waals surface area (Å²) in [5.41, 5.74) is 8.55. The summed E-state index contributed by atoms with van der Waals surface area (Å²) in [7, 11) is 2.17. The van der Waals surface area contributed by atoms with Gasteiger partial charge in [-0.05, 0) is 31.9 Å². The van der Waals surface area contributed by atoms with E-state index < -0.39 is 0 Å². The average molecular weight is 234 g/mol. The molecule has 0 bridgehead atoms. The monoisotopic (exact) mass is 234 g/mol. The smallest absolute Gasteiger partial charge is 0.0238 e. The minimum Gasteiger partial charge on any atom is -0.329 e. The Hall–Kier alpha value is -0.860. The maximum atomic E-state index is 5.82. The molecule has 1 unspecified atom stereocenters. The van der Waals surface area contributed by atoms with Crippen molar-refractivity contribution in [3.63, 3.8) is 0 Å². The third-order valence-electron chi connectivity index (χ3n) is 3.45. The Morgan fingerprint density at radius 1 is 1.18 bits per heavy atom. The standard InChI is InChI=1S/C15H26N2/c1-12(2)15(11-16)17(4)10-9-14-7-5-13(3)6-8-14/h5-8,12,15H,9-11,16H2,1-4H3. The van der Waals surface area contributed by atoms with Gasteiger partial charge in [0.1, 0.15) is 0 Å².